The van der Waals surface area contributed by atoms with Crippen LogP contribution in [0.5, 0.6) is 5.75 Å². The van der Waals surface area contributed by atoms with Gasteiger partial charge in [-0.15, -0.1) is 0 Å². The zero-order valence-electron chi connectivity index (χ0n) is 9.57. The van der Waals surface area contributed by atoms with Crippen molar-refractivity contribution in [3.8, 4) is 5.75 Å². The lowest BCUT2D eigenvalue weighted by Gasteiger charge is -2.13. The summed E-state index contributed by atoms with van der Waals surface area (Å²) in [5, 5.41) is 8.53. The molecule has 4 nitrogen and oxygen atoms in total. The minimum atomic E-state index is -0.988. The minimum absolute atomic E-state index is 0.0109. The summed E-state index contributed by atoms with van der Waals surface area (Å²) in [6.07, 6.45) is -0.731. The highest BCUT2D eigenvalue weighted by molar-refractivity contribution is 5.94. The third-order valence-electron chi connectivity index (χ3n) is 2.12. The number of aliphatic carboxylic acids is 1. The van der Waals surface area contributed by atoms with Crippen LogP contribution in [-0.2, 0) is 4.79 Å². The van der Waals surface area contributed by atoms with Crippen LogP contribution in [0.3, 0.4) is 0 Å². The van der Waals surface area contributed by atoms with E-state index in [1.165, 1.54) is 19.1 Å². The second-order valence-corrected chi connectivity index (χ2v) is 3.72. The highest BCUT2D eigenvalue weighted by Gasteiger charge is 2.12. The number of rotatable bonds is 5. The Balaban J connectivity index is 2.77. The van der Waals surface area contributed by atoms with Crippen molar-refractivity contribution in [2.45, 2.75) is 26.4 Å². The molecule has 1 aromatic carbocycles. The number of ether oxygens (including phenoxy) is 1. The van der Waals surface area contributed by atoms with Crippen LogP contribution in [-0.4, -0.2) is 23.0 Å². The molecule has 0 unspecified atom stereocenters. The smallest absolute Gasteiger partial charge is 0.307 e. The molecule has 0 aliphatic carbocycles. The largest absolute Gasteiger partial charge is 0.490 e. The third kappa shape index (κ3) is 3.86. The van der Waals surface area contributed by atoms with Crippen LogP contribution in [0.25, 0.3) is 0 Å². The Labute approximate surface area is 98.0 Å². The summed E-state index contributed by atoms with van der Waals surface area (Å²) < 4.78 is 18.6. The van der Waals surface area contributed by atoms with Gasteiger partial charge < -0.3 is 9.84 Å². The van der Waals surface area contributed by atoms with Crippen molar-refractivity contribution >= 4 is 11.8 Å². The van der Waals surface area contributed by atoms with Crippen molar-refractivity contribution in [2.24, 2.45) is 0 Å². The molecule has 5 heteroatoms. The van der Waals surface area contributed by atoms with Crippen molar-refractivity contribution in [2.75, 3.05) is 0 Å². The van der Waals surface area contributed by atoms with Gasteiger partial charge in [-0.25, -0.2) is 4.39 Å². The van der Waals surface area contributed by atoms with Crippen LogP contribution < -0.4 is 4.74 Å². The first kappa shape index (κ1) is 13.2. The molecule has 0 heterocycles. The maximum atomic E-state index is 13.4. The maximum absolute atomic E-state index is 13.4. The molecule has 0 aliphatic rings. The predicted molar refractivity (Wildman–Crippen MR) is 58.7 cm³/mol. The van der Waals surface area contributed by atoms with E-state index in [-0.39, 0.29) is 23.5 Å². The zero-order chi connectivity index (χ0) is 13.0. The number of hydrogen-bond acceptors (Lipinski definition) is 3. The summed E-state index contributed by atoms with van der Waals surface area (Å²) in [6.45, 7) is 2.84. The van der Waals surface area contributed by atoms with Crippen LogP contribution >= 0.6 is 0 Å². The third-order valence-corrected chi connectivity index (χ3v) is 2.12. The van der Waals surface area contributed by atoms with Gasteiger partial charge in [0, 0.05) is 6.07 Å². The Bertz CT molecular complexity index is 442. The quantitative estimate of drug-likeness (QED) is 0.802. The SMILES string of the molecule is CC(=O)c1ccc(O[C@H](C)CC(=O)O)cc1F. The summed E-state index contributed by atoms with van der Waals surface area (Å²) >= 11 is 0. The molecular formula is C12H13FO4. The molecule has 0 bridgehead atoms. The Morgan fingerprint density at radius 2 is 2.12 bits per heavy atom. The fourth-order valence-electron chi connectivity index (χ4n) is 1.37. The summed E-state index contributed by atoms with van der Waals surface area (Å²) in [5.74, 6) is -1.82. The van der Waals surface area contributed by atoms with Gasteiger partial charge in [0.2, 0.25) is 0 Å². The highest BCUT2D eigenvalue weighted by atomic mass is 19.1. The van der Waals surface area contributed by atoms with Crippen molar-refractivity contribution in [3.05, 3.63) is 29.6 Å². The van der Waals surface area contributed by atoms with Gasteiger partial charge in [-0.2, -0.15) is 0 Å². The fraction of sp³-hybridized carbons (Fsp3) is 0.333. The fourth-order valence-corrected chi connectivity index (χ4v) is 1.37. The van der Waals surface area contributed by atoms with Crippen molar-refractivity contribution in [1.29, 1.82) is 0 Å². The number of carboxylic acids is 1. The molecule has 1 atom stereocenters. The van der Waals surface area contributed by atoms with E-state index in [0.717, 1.165) is 6.07 Å². The molecule has 0 aromatic heterocycles. The Kier molecular flexibility index (Phi) is 4.20. The van der Waals surface area contributed by atoms with Gasteiger partial charge in [-0.1, -0.05) is 0 Å². The van der Waals surface area contributed by atoms with E-state index in [0.29, 0.717) is 0 Å². The van der Waals surface area contributed by atoms with Crippen LogP contribution in [0.4, 0.5) is 4.39 Å². The molecule has 0 amide bonds. The summed E-state index contributed by atoms with van der Waals surface area (Å²) in [7, 11) is 0. The standard InChI is InChI=1S/C12H13FO4/c1-7(5-12(15)16)17-9-3-4-10(8(2)14)11(13)6-9/h3-4,6-7H,5H2,1-2H3,(H,15,16)/t7-/m1/s1. The lowest BCUT2D eigenvalue weighted by atomic mass is 10.1. The van der Waals surface area contributed by atoms with Crippen LogP contribution in [0.1, 0.15) is 30.6 Å². The van der Waals surface area contributed by atoms with E-state index in [1.807, 2.05) is 0 Å². The molecule has 0 aliphatic heterocycles. The first-order valence-electron chi connectivity index (χ1n) is 5.09. The number of carbonyl (C=O) groups is 2. The molecule has 1 rings (SSSR count). The van der Waals surface area contributed by atoms with Gasteiger partial charge in [0.1, 0.15) is 17.7 Å². The number of carboxylic acid groups (broad SMARTS) is 1. The Morgan fingerprint density at radius 1 is 1.47 bits per heavy atom. The number of Topliss-reactive ketones (excluding diaryl/α,β-unsaturated/α-hetero) is 1. The molecule has 0 saturated carbocycles. The van der Waals surface area contributed by atoms with Gasteiger partial charge in [0.25, 0.3) is 0 Å². The highest BCUT2D eigenvalue weighted by Crippen LogP contribution is 2.18. The minimum Gasteiger partial charge on any atom is -0.490 e. The Hall–Kier alpha value is -1.91. The molecule has 0 radical (unpaired) electrons. The van der Waals surface area contributed by atoms with Crippen LogP contribution in [0.2, 0.25) is 0 Å². The monoisotopic (exact) mass is 240 g/mol. The van der Waals surface area contributed by atoms with Crippen LogP contribution in [0.15, 0.2) is 18.2 Å². The number of carbonyl (C=O) groups excluding carboxylic acids is 1. The van der Waals surface area contributed by atoms with Crippen molar-refractivity contribution < 1.29 is 23.8 Å². The number of ketones is 1. The molecular weight excluding hydrogens is 227 g/mol. The maximum Gasteiger partial charge on any atom is 0.307 e. The molecule has 1 aromatic rings. The zero-order valence-corrected chi connectivity index (χ0v) is 9.57. The van der Waals surface area contributed by atoms with E-state index >= 15 is 0 Å². The first-order chi connectivity index (χ1) is 7.90. The normalized spacial score (nSPS) is 11.9. The van der Waals surface area contributed by atoms with Crippen molar-refractivity contribution in [1.82, 2.24) is 0 Å². The second-order valence-electron chi connectivity index (χ2n) is 3.72. The van der Waals surface area contributed by atoms with E-state index in [1.54, 1.807) is 6.92 Å². The van der Waals surface area contributed by atoms with Crippen LogP contribution in [0, 0.1) is 5.82 Å². The van der Waals surface area contributed by atoms with E-state index in [9.17, 15) is 14.0 Å². The van der Waals surface area contributed by atoms with Gasteiger partial charge in [-0.3, -0.25) is 9.59 Å². The van der Waals surface area contributed by atoms with Gasteiger partial charge in [-0.05, 0) is 26.0 Å². The molecule has 0 spiro atoms. The molecule has 0 fully saturated rings. The number of benzene rings is 1. The lowest BCUT2D eigenvalue weighted by Crippen LogP contribution is -2.16. The van der Waals surface area contributed by atoms with E-state index < -0.39 is 17.9 Å². The van der Waals surface area contributed by atoms with Gasteiger partial charge in [0.15, 0.2) is 5.78 Å². The number of hydrogen-bond donors (Lipinski definition) is 1. The van der Waals surface area contributed by atoms with E-state index in [4.69, 9.17) is 9.84 Å². The second kappa shape index (κ2) is 5.43. The van der Waals surface area contributed by atoms with Gasteiger partial charge in [0.05, 0.1) is 12.0 Å². The van der Waals surface area contributed by atoms with E-state index in [2.05, 4.69) is 0 Å². The lowest BCUT2D eigenvalue weighted by molar-refractivity contribution is -0.138. The first-order valence-corrected chi connectivity index (χ1v) is 5.09. The molecule has 1 N–H and O–H groups in total. The summed E-state index contributed by atoms with van der Waals surface area (Å²) in [6, 6.07) is 3.84. The predicted octanol–water partition coefficient (Wildman–Crippen LogP) is 2.27. The summed E-state index contributed by atoms with van der Waals surface area (Å²) in [4.78, 5) is 21.4. The topological polar surface area (TPSA) is 63.6 Å². The summed E-state index contributed by atoms with van der Waals surface area (Å²) in [5.41, 5.74) is -0.0109. The Morgan fingerprint density at radius 3 is 2.59 bits per heavy atom. The molecule has 0 saturated heterocycles. The molecule has 17 heavy (non-hydrogen) atoms. The average Bonchev–Trinajstić information content (AvgIpc) is 2.15. The number of halogens is 1. The average molecular weight is 240 g/mol. The molecule has 92 valence electrons. The van der Waals surface area contributed by atoms with Gasteiger partial charge >= 0.3 is 5.97 Å². The van der Waals surface area contributed by atoms with Crippen molar-refractivity contribution in [3.63, 3.8) is 0 Å².